The van der Waals surface area contributed by atoms with Crippen LogP contribution in [-0.2, 0) is 19.6 Å². The van der Waals surface area contributed by atoms with Gasteiger partial charge in [-0.15, -0.1) is 0 Å². The molecule has 2 aliphatic rings. The van der Waals surface area contributed by atoms with Crippen LogP contribution in [-0.4, -0.2) is 84.8 Å². The molecule has 2 saturated heterocycles. The average molecular weight is 395 g/mol. The normalized spacial score (nSPS) is 22.1. The minimum absolute atomic E-state index is 0.127. The average Bonchev–Trinajstić information content (AvgIpc) is 3.13. The summed E-state index contributed by atoms with van der Waals surface area (Å²) in [5, 5.41) is 9.21. The monoisotopic (exact) mass is 395 g/mol. The fourth-order valence-corrected chi connectivity index (χ4v) is 5.01. The second-order valence-corrected chi connectivity index (χ2v) is 9.01. The molecule has 2 heterocycles. The van der Waals surface area contributed by atoms with Crippen LogP contribution in [0.25, 0.3) is 0 Å². The first kappa shape index (κ1) is 19.8. The highest BCUT2D eigenvalue weighted by Crippen LogP contribution is 2.20. The van der Waals surface area contributed by atoms with Crippen molar-refractivity contribution in [3.63, 3.8) is 0 Å². The molecule has 1 amide bonds. The molecule has 3 rings (SSSR count). The predicted molar refractivity (Wildman–Crippen MR) is 98.7 cm³/mol. The molecule has 148 valence electrons. The summed E-state index contributed by atoms with van der Waals surface area (Å²) in [6, 6.07) is 6.04. The topological polar surface area (TPSA) is 98.2 Å². The number of nitrogens with zero attached hydrogens (tertiary/aromatic N) is 3. The third-order valence-electron chi connectivity index (χ3n) is 5.21. The molecule has 1 atom stereocenters. The number of rotatable bonds is 5. The van der Waals surface area contributed by atoms with E-state index in [1.165, 1.54) is 9.21 Å². The Bertz CT molecular complexity index is 801. The molecule has 9 heteroatoms. The largest absolute Gasteiger partial charge is 0.480 e. The van der Waals surface area contributed by atoms with E-state index in [-0.39, 0.29) is 17.3 Å². The fourth-order valence-electron chi connectivity index (χ4n) is 3.59. The smallest absolute Gasteiger partial charge is 0.326 e. The molecule has 0 aromatic heterocycles. The number of carboxylic acid groups (broad SMARTS) is 1. The third-order valence-corrected chi connectivity index (χ3v) is 7.12. The predicted octanol–water partition coefficient (Wildman–Crippen LogP) is 0.377. The van der Waals surface area contributed by atoms with Gasteiger partial charge >= 0.3 is 5.97 Å². The molecule has 2 aliphatic heterocycles. The van der Waals surface area contributed by atoms with Crippen molar-refractivity contribution >= 4 is 21.9 Å². The lowest BCUT2D eigenvalue weighted by molar-refractivity contribution is -0.148. The van der Waals surface area contributed by atoms with Crippen molar-refractivity contribution in [1.82, 2.24) is 14.1 Å². The van der Waals surface area contributed by atoms with Crippen molar-refractivity contribution in [1.29, 1.82) is 0 Å². The van der Waals surface area contributed by atoms with Crippen LogP contribution in [0.2, 0.25) is 0 Å². The number of hydrogen-bond donors (Lipinski definition) is 1. The number of amides is 1. The zero-order valence-corrected chi connectivity index (χ0v) is 16.2. The molecule has 2 fully saturated rings. The lowest BCUT2D eigenvalue weighted by atomic mass is 10.2. The van der Waals surface area contributed by atoms with Crippen LogP contribution in [0, 0.1) is 6.92 Å². The van der Waals surface area contributed by atoms with Gasteiger partial charge < -0.3 is 10.0 Å². The Kier molecular flexibility index (Phi) is 5.83. The Balaban J connectivity index is 1.56. The Morgan fingerprint density at radius 3 is 2.30 bits per heavy atom. The first-order valence-electron chi connectivity index (χ1n) is 9.10. The van der Waals surface area contributed by atoms with Crippen LogP contribution >= 0.6 is 0 Å². The molecule has 0 bridgehead atoms. The summed E-state index contributed by atoms with van der Waals surface area (Å²) >= 11 is 0. The lowest BCUT2D eigenvalue weighted by Crippen LogP contribution is -2.52. The van der Waals surface area contributed by atoms with Gasteiger partial charge in [-0.1, -0.05) is 17.7 Å². The quantitative estimate of drug-likeness (QED) is 0.774. The summed E-state index contributed by atoms with van der Waals surface area (Å²) in [6.45, 7) is 4.02. The van der Waals surface area contributed by atoms with E-state index in [9.17, 15) is 23.1 Å². The highest BCUT2D eigenvalue weighted by molar-refractivity contribution is 7.89. The first-order valence-corrected chi connectivity index (χ1v) is 10.5. The van der Waals surface area contributed by atoms with Crippen LogP contribution in [0.1, 0.15) is 18.4 Å². The second-order valence-electron chi connectivity index (χ2n) is 7.08. The van der Waals surface area contributed by atoms with Crippen LogP contribution < -0.4 is 0 Å². The summed E-state index contributed by atoms with van der Waals surface area (Å²) in [6.07, 6.45) is 1.19. The molecule has 0 unspecified atom stereocenters. The van der Waals surface area contributed by atoms with Crippen LogP contribution in [0.5, 0.6) is 0 Å². The van der Waals surface area contributed by atoms with Gasteiger partial charge in [-0.2, -0.15) is 4.31 Å². The summed E-state index contributed by atoms with van der Waals surface area (Å²) in [4.78, 5) is 27.3. The van der Waals surface area contributed by atoms with Gasteiger partial charge in [-0.3, -0.25) is 9.69 Å². The van der Waals surface area contributed by atoms with E-state index < -0.39 is 22.0 Å². The van der Waals surface area contributed by atoms with E-state index in [0.717, 1.165) is 5.56 Å². The van der Waals surface area contributed by atoms with Gasteiger partial charge in [0.25, 0.3) is 0 Å². The Morgan fingerprint density at radius 2 is 1.70 bits per heavy atom. The van der Waals surface area contributed by atoms with Crippen molar-refractivity contribution in [3.8, 4) is 0 Å². The van der Waals surface area contributed by atoms with Gasteiger partial charge in [0.05, 0.1) is 11.4 Å². The molecule has 1 aromatic rings. The van der Waals surface area contributed by atoms with Gasteiger partial charge in [-0.05, 0) is 31.9 Å². The molecule has 0 aliphatic carbocycles. The number of aryl methyl sites for hydroxylation is 1. The molecular formula is C18H25N3O5S. The summed E-state index contributed by atoms with van der Waals surface area (Å²) in [7, 11) is -3.53. The Labute approximate surface area is 159 Å². The maximum atomic E-state index is 12.7. The van der Waals surface area contributed by atoms with Gasteiger partial charge in [0, 0.05) is 32.7 Å². The maximum absolute atomic E-state index is 12.7. The van der Waals surface area contributed by atoms with Crippen molar-refractivity contribution in [2.45, 2.75) is 30.7 Å². The molecule has 1 aromatic carbocycles. The number of piperazine rings is 1. The van der Waals surface area contributed by atoms with Crippen molar-refractivity contribution in [2.75, 3.05) is 39.3 Å². The molecular weight excluding hydrogens is 370 g/mol. The number of aliphatic carboxylic acids is 1. The van der Waals surface area contributed by atoms with Gasteiger partial charge in [-0.25, -0.2) is 13.2 Å². The van der Waals surface area contributed by atoms with E-state index in [0.29, 0.717) is 45.6 Å². The van der Waals surface area contributed by atoms with E-state index in [1.807, 2.05) is 11.8 Å². The zero-order chi connectivity index (χ0) is 19.6. The van der Waals surface area contributed by atoms with E-state index in [4.69, 9.17) is 0 Å². The summed E-state index contributed by atoms with van der Waals surface area (Å²) < 4.78 is 26.9. The Morgan fingerprint density at radius 1 is 1.07 bits per heavy atom. The van der Waals surface area contributed by atoms with Crippen molar-refractivity contribution in [2.24, 2.45) is 0 Å². The molecule has 1 N–H and O–H groups in total. The number of likely N-dealkylation sites (tertiary alicyclic amines) is 1. The fraction of sp³-hybridized carbons (Fsp3) is 0.556. The van der Waals surface area contributed by atoms with Crippen molar-refractivity contribution in [3.05, 3.63) is 29.8 Å². The minimum Gasteiger partial charge on any atom is -0.480 e. The maximum Gasteiger partial charge on any atom is 0.326 e. The number of carbonyl (C=O) groups excluding carboxylic acids is 1. The van der Waals surface area contributed by atoms with Gasteiger partial charge in [0.1, 0.15) is 6.04 Å². The van der Waals surface area contributed by atoms with Crippen LogP contribution in [0.15, 0.2) is 29.2 Å². The first-order chi connectivity index (χ1) is 12.8. The highest BCUT2D eigenvalue weighted by atomic mass is 32.2. The van der Waals surface area contributed by atoms with E-state index >= 15 is 0 Å². The van der Waals surface area contributed by atoms with Gasteiger partial charge in [0.15, 0.2) is 0 Å². The van der Waals surface area contributed by atoms with E-state index in [2.05, 4.69) is 0 Å². The molecule has 0 spiro atoms. The summed E-state index contributed by atoms with van der Waals surface area (Å²) in [5.74, 6) is -1.16. The van der Waals surface area contributed by atoms with Gasteiger partial charge in [0.2, 0.25) is 15.9 Å². The number of carbonyl (C=O) groups is 2. The third kappa shape index (κ3) is 4.31. The molecule has 8 nitrogen and oxygen atoms in total. The molecule has 0 radical (unpaired) electrons. The standard InChI is InChI=1S/C18H25N3O5S/c1-14-4-6-15(7-5-14)27(25,26)20-11-9-19(10-12-20)13-17(22)21-8-2-3-16(21)18(23)24/h4-7,16H,2-3,8-13H2,1H3,(H,23,24)/t16-/m0/s1. The van der Waals surface area contributed by atoms with Crippen LogP contribution in [0.4, 0.5) is 0 Å². The molecule has 0 saturated carbocycles. The van der Waals surface area contributed by atoms with Crippen LogP contribution in [0.3, 0.4) is 0 Å². The number of carboxylic acids is 1. The molecule has 27 heavy (non-hydrogen) atoms. The van der Waals surface area contributed by atoms with E-state index in [1.54, 1.807) is 24.3 Å². The number of sulfonamides is 1. The summed E-state index contributed by atoms with van der Waals surface area (Å²) in [5.41, 5.74) is 0.999. The minimum atomic E-state index is -3.53. The number of benzene rings is 1. The van der Waals surface area contributed by atoms with Crippen molar-refractivity contribution < 1.29 is 23.1 Å². The highest BCUT2D eigenvalue weighted by Gasteiger charge is 2.35. The SMILES string of the molecule is Cc1ccc(S(=O)(=O)N2CCN(CC(=O)N3CCC[C@H]3C(=O)O)CC2)cc1. The zero-order valence-electron chi connectivity index (χ0n) is 15.4. The Hall–Kier alpha value is -1.97. The second kappa shape index (κ2) is 7.95. The lowest BCUT2D eigenvalue weighted by Gasteiger charge is -2.34. The number of hydrogen-bond acceptors (Lipinski definition) is 5.